The standard InChI is InChI=1S/C20H22ClN3O2S2/c1-12(18(25)22-11-13-7-3-2-4-8-13)27-20-24-23-19(26-20)17-16(21)14-9-5-6-10-15(14)28-17/h5-6,9-10,12-13H,2-4,7-8,11H2,1H3,(H,22,25). The molecule has 1 fully saturated rings. The number of benzene rings is 1. The van der Waals surface area contributed by atoms with Gasteiger partial charge < -0.3 is 9.73 Å². The van der Waals surface area contributed by atoms with Crippen molar-refractivity contribution in [1.29, 1.82) is 0 Å². The first-order valence-corrected chi connectivity index (χ1v) is 11.6. The van der Waals surface area contributed by atoms with Gasteiger partial charge in [-0.2, -0.15) is 0 Å². The van der Waals surface area contributed by atoms with E-state index in [1.165, 1.54) is 55.2 Å². The number of fused-ring (bicyclic) bond motifs is 1. The molecule has 1 aliphatic rings. The molecule has 1 saturated carbocycles. The highest BCUT2D eigenvalue weighted by Gasteiger charge is 2.22. The van der Waals surface area contributed by atoms with Crippen LogP contribution in [-0.4, -0.2) is 27.9 Å². The number of carbonyl (C=O) groups excluding carboxylic acids is 1. The van der Waals surface area contributed by atoms with E-state index in [1.54, 1.807) is 0 Å². The zero-order valence-corrected chi connectivity index (χ0v) is 18.0. The second kappa shape index (κ2) is 8.84. The van der Waals surface area contributed by atoms with Gasteiger partial charge in [0.25, 0.3) is 11.1 Å². The quantitative estimate of drug-likeness (QED) is 0.497. The van der Waals surface area contributed by atoms with Crippen LogP contribution < -0.4 is 5.32 Å². The lowest BCUT2D eigenvalue weighted by molar-refractivity contribution is -0.120. The van der Waals surface area contributed by atoms with Crippen LogP contribution in [0.4, 0.5) is 0 Å². The van der Waals surface area contributed by atoms with Crippen LogP contribution in [0.25, 0.3) is 20.9 Å². The van der Waals surface area contributed by atoms with E-state index in [4.69, 9.17) is 16.0 Å². The molecule has 2 aromatic heterocycles. The Morgan fingerprint density at radius 3 is 2.89 bits per heavy atom. The molecule has 8 heteroatoms. The fourth-order valence-electron chi connectivity index (χ4n) is 3.49. The molecule has 4 rings (SSSR count). The van der Waals surface area contributed by atoms with Crippen molar-refractivity contribution in [3.8, 4) is 10.8 Å². The van der Waals surface area contributed by atoms with Gasteiger partial charge >= 0.3 is 0 Å². The van der Waals surface area contributed by atoms with Gasteiger partial charge in [0.05, 0.1) is 10.3 Å². The van der Waals surface area contributed by atoms with Crippen LogP contribution in [0, 0.1) is 5.92 Å². The molecule has 0 saturated heterocycles. The second-order valence-electron chi connectivity index (χ2n) is 7.12. The molecule has 0 bridgehead atoms. The highest BCUT2D eigenvalue weighted by atomic mass is 35.5. The molecule has 1 aromatic carbocycles. The third kappa shape index (κ3) is 4.36. The molecule has 0 radical (unpaired) electrons. The lowest BCUT2D eigenvalue weighted by atomic mass is 9.89. The van der Waals surface area contributed by atoms with Crippen molar-refractivity contribution in [1.82, 2.24) is 15.5 Å². The molecule has 5 nitrogen and oxygen atoms in total. The van der Waals surface area contributed by atoms with Gasteiger partial charge in [-0.25, -0.2) is 0 Å². The van der Waals surface area contributed by atoms with Crippen molar-refractivity contribution in [3.63, 3.8) is 0 Å². The number of carbonyl (C=O) groups is 1. The number of thiophene rings is 1. The van der Waals surface area contributed by atoms with Crippen molar-refractivity contribution in [3.05, 3.63) is 29.3 Å². The molecular weight excluding hydrogens is 414 g/mol. The number of amides is 1. The van der Waals surface area contributed by atoms with Crippen LogP contribution in [0.5, 0.6) is 0 Å². The van der Waals surface area contributed by atoms with Crippen molar-refractivity contribution in [2.24, 2.45) is 5.92 Å². The predicted octanol–water partition coefficient (Wildman–Crippen LogP) is 5.78. The van der Waals surface area contributed by atoms with Gasteiger partial charge in [0, 0.05) is 16.6 Å². The molecule has 1 unspecified atom stereocenters. The van der Waals surface area contributed by atoms with Gasteiger partial charge in [0.1, 0.15) is 4.88 Å². The summed E-state index contributed by atoms with van der Waals surface area (Å²) in [5, 5.41) is 13.0. The zero-order chi connectivity index (χ0) is 19.5. The summed E-state index contributed by atoms with van der Waals surface area (Å²) in [6, 6.07) is 7.91. The monoisotopic (exact) mass is 435 g/mol. The number of aromatic nitrogens is 2. The highest BCUT2D eigenvalue weighted by molar-refractivity contribution is 8.00. The van der Waals surface area contributed by atoms with E-state index in [-0.39, 0.29) is 11.2 Å². The van der Waals surface area contributed by atoms with Crippen LogP contribution >= 0.6 is 34.7 Å². The van der Waals surface area contributed by atoms with E-state index in [9.17, 15) is 4.79 Å². The molecule has 2 heterocycles. The molecule has 0 spiro atoms. The Balaban J connectivity index is 1.38. The van der Waals surface area contributed by atoms with Crippen molar-refractivity contribution < 1.29 is 9.21 Å². The number of hydrogen-bond donors (Lipinski definition) is 1. The van der Waals surface area contributed by atoms with E-state index < -0.39 is 0 Å². The summed E-state index contributed by atoms with van der Waals surface area (Å²) >= 11 is 9.28. The first-order valence-electron chi connectivity index (χ1n) is 9.57. The number of hydrogen-bond acceptors (Lipinski definition) is 6. The summed E-state index contributed by atoms with van der Waals surface area (Å²) in [4.78, 5) is 13.2. The third-order valence-electron chi connectivity index (χ3n) is 5.07. The fraction of sp³-hybridized carbons (Fsp3) is 0.450. The highest BCUT2D eigenvalue weighted by Crippen LogP contribution is 2.42. The van der Waals surface area contributed by atoms with Crippen molar-refractivity contribution in [2.75, 3.05) is 6.54 Å². The molecule has 3 aromatic rings. The largest absolute Gasteiger partial charge is 0.410 e. The Bertz CT molecular complexity index is 965. The van der Waals surface area contributed by atoms with E-state index >= 15 is 0 Å². The van der Waals surface area contributed by atoms with Crippen molar-refractivity contribution >= 4 is 50.7 Å². The zero-order valence-electron chi connectivity index (χ0n) is 15.6. The molecule has 1 atom stereocenters. The molecule has 1 amide bonds. The summed E-state index contributed by atoms with van der Waals surface area (Å²) in [6.07, 6.45) is 6.29. The topological polar surface area (TPSA) is 68.0 Å². The molecule has 28 heavy (non-hydrogen) atoms. The van der Waals surface area contributed by atoms with E-state index in [1.807, 2.05) is 31.2 Å². The smallest absolute Gasteiger partial charge is 0.277 e. The van der Waals surface area contributed by atoms with Gasteiger partial charge in [-0.05, 0) is 31.7 Å². The molecule has 148 valence electrons. The normalized spacial score (nSPS) is 16.4. The summed E-state index contributed by atoms with van der Waals surface area (Å²) in [5.41, 5.74) is 0. The minimum atomic E-state index is -0.297. The maximum atomic E-state index is 12.4. The summed E-state index contributed by atoms with van der Waals surface area (Å²) in [7, 11) is 0. The molecule has 1 aliphatic carbocycles. The van der Waals surface area contributed by atoms with Crippen LogP contribution in [0.15, 0.2) is 33.9 Å². The summed E-state index contributed by atoms with van der Waals surface area (Å²) < 4.78 is 6.86. The number of nitrogens with one attached hydrogen (secondary N) is 1. The van der Waals surface area contributed by atoms with Gasteiger partial charge in [-0.1, -0.05) is 60.8 Å². The number of thioether (sulfide) groups is 1. The first kappa shape index (κ1) is 19.7. The Labute approximate surface area is 177 Å². The average Bonchev–Trinajstić information content (AvgIpc) is 3.31. The van der Waals surface area contributed by atoms with E-state index in [0.717, 1.165) is 21.5 Å². The maximum absolute atomic E-state index is 12.4. The van der Waals surface area contributed by atoms with Crippen LogP contribution in [0.1, 0.15) is 39.0 Å². The van der Waals surface area contributed by atoms with E-state index in [2.05, 4.69) is 15.5 Å². The average molecular weight is 436 g/mol. The summed E-state index contributed by atoms with van der Waals surface area (Å²) in [5.74, 6) is 1.01. The van der Waals surface area contributed by atoms with Gasteiger partial charge in [-0.15, -0.1) is 21.5 Å². The lowest BCUT2D eigenvalue weighted by Gasteiger charge is -2.22. The number of halogens is 1. The van der Waals surface area contributed by atoms with Crippen LogP contribution in [-0.2, 0) is 4.79 Å². The maximum Gasteiger partial charge on any atom is 0.277 e. The van der Waals surface area contributed by atoms with Gasteiger partial charge in [0.2, 0.25) is 5.91 Å². The predicted molar refractivity (Wildman–Crippen MR) is 115 cm³/mol. The second-order valence-corrected chi connectivity index (χ2v) is 9.85. The third-order valence-corrected chi connectivity index (χ3v) is 7.67. The SMILES string of the molecule is CC(Sc1nnc(-c2sc3ccccc3c2Cl)o1)C(=O)NCC1CCCCC1. The first-order chi connectivity index (χ1) is 13.6. The van der Waals surface area contributed by atoms with Gasteiger partial charge in [0.15, 0.2) is 0 Å². The molecule has 0 aliphatic heterocycles. The Morgan fingerprint density at radius 2 is 2.11 bits per heavy atom. The van der Waals surface area contributed by atoms with Crippen molar-refractivity contribution in [2.45, 2.75) is 49.5 Å². The molecule has 1 N–H and O–H groups in total. The number of nitrogens with zero attached hydrogens (tertiary/aromatic N) is 2. The Morgan fingerprint density at radius 1 is 1.32 bits per heavy atom. The van der Waals surface area contributed by atoms with Gasteiger partial charge in [-0.3, -0.25) is 4.79 Å². The summed E-state index contributed by atoms with van der Waals surface area (Å²) in [6.45, 7) is 2.62. The Hall–Kier alpha value is -1.57. The van der Waals surface area contributed by atoms with Crippen LogP contribution in [0.2, 0.25) is 5.02 Å². The fourth-order valence-corrected chi connectivity index (χ4v) is 5.63. The lowest BCUT2D eigenvalue weighted by Crippen LogP contribution is -2.35. The van der Waals surface area contributed by atoms with Crippen LogP contribution in [0.3, 0.4) is 0 Å². The van der Waals surface area contributed by atoms with E-state index in [0.29, 0.717) is 22.1 Å². The minimum absolute atomic E-state index is 0.00946. The minimum Gasteiger partial charge on any atom is -0.410 e. The number of rotatable bonds is 6. The Kier molecular flexibility index (Phi) is 6.23. The molecular formula is C20H22ClN3O2S2.